The molecule has 132 valence electrons. The molecule has 0 spiro atoms. The van der Waals surface area contributed by atoms with Crippen molar-refractivity contribution in [3.05, 3.63) is 53.1 Å². The molecule has 0 aliphatic heterocycles. The highest BCUT2D eigenvalue weighted by Crippen LogP contribution is 2.33. The molecule has 0 unspecified atom stereocenters. The number of benzene rings is 2. The molecular weight excluding hydrogens is 361 g/mol. The third-order valence-electron chi connectivity index (χ3n) is 2.92. The molecule has 5 nitrogen and oxygen atoms in total. The summed E-state index contributed by atoms with van der Waals surface area (Å²) in [7, 11) is 0. The van der Waals surface area contributed by atoms with E-state index in [2.05, 4.69) is 10.6 Å². The first-order valence-electron chi connectivity index (χ1n) is 6.88. The third kappa shape index (κ3) is 5.39. The highest BCUT2D eigenvalue weighted by molar-refractivity contribution is 6.33. The van der Waals surface area contributed by atoms with Gasteiger partial charge in [-0.25, -0.2) is 4.79 Å². The summed E-state index contributed by atoms with van der Waals surface area (Å²) in [5.41, 5.74) is -0.676. The van der Waals surface area contributed by atoms with Crippen LogP contribution in [0.25, 0.3) is 0 Å². The lowest BCUT2D eigenvalue weighted by Gasteiger charge is -2.12. The minimum absolute atomic E-state index is 0.0639. The van der Waals surface area contributed by atoms with Crippen molar-refractivity contribution in [2.75, 3.05) is 10.6 Å². The predicted octanol–water partition coefficient (Wildman–Crippen LogP) is 4.93. The van der Waals surface area contributed by atoms with Crippen molar-refractivity contribution < 1.29 is 27.5 Å². The summed E-state index contributed by atoms with van der Waals surface area (Å²) in [5, 5.41) is 4.63. The maximum absolute atomic E-state index is 12.7. The van der Waals surface area contributed by atoms with E-state index in [4.69, 9.17) is 16.3 Å². The fourth-order valence-corrected chi connectivity index (χ4v) is 2.01. The van der Waals surface area contributed by atoms with Crippen LogP contribution < -0.4 is 15.4 Å². The molecule has 0 bridgehead atoms. The van der Waals surface area contributed by atoms with Gasteiger partial charge in [0.05, 0.1) is 16.3 Å². The number of amides is 2. The van der Waals surface area contributed by atoms with Crippen LogP contribution >= 0.6 is 11.6 Å². The molecule has 2 aromatic rings. The topological polar surface area (TPSA) is 67.4 Å². The van der Waals surface area contributed by atoms with Crippen LogP contribution in [0.5, 0.6) is 5.75 Å². The average Bonchev–Trinajstić information content (AvgIpc) is 2.50. The lowest BCUT2D eigenvalue weighted by Crippen LogP contribution is -2.17. The molecule has 2 amide bonds. The van der Waals surface area contributed by atoms with Crippen LogP contribution in [0.3, 0.4) is 0 Å². The molecule has 2 N–H and O–H groups in total. The second-order valence-electron chi connectivity index (χ2n) is 4.91. The zero-order valence-electron chi connectivity index (χ0n) is 12.8. The van der Waals surface area contributed by atoms with Crippen LogP contribution in [0, 0.1) is 0 Å². The Morgan fingerprint density at radius 2 is 1.68 bits per heavy atom. The molecule has 0 saturated carbocycles. The van der Waals surface area contributed by atoms with Gasteiger partial charge in [0.15, 0.2) is 0 Å². The Balaban J connectivity index is 2.06. The monoisotopic (exact) mass is 372 g/mol. The van der Waals surface area contributed by atoms with Crippen LogP contribution in [0.4, 0.5) is 29.3 Å². The molecule has 9 heteroatoms. The van der Waals surface area contributed by atoms with Crippen LogP contribution in [-0.4, -0.2) is 12.0 Å². The first kappa shape index (κ1) is 18.6. The fourth-order valence-electron chi connectivity index (χ4n) is 1.85. The van der Waals surface area contributed by atoms with E-state index in [-0.39, 0.29) is 22.4 Å². The lowest BCUT2D eigenvalue weighted by atomic mass is 10.2. The predicted molar refractivity (Wildman–Crippen MR) is 86.8 cm³/mol. The Labute approximate surface area is 145 Å². The second kappa shape index (κ2) is 7.43. The number of carbonyl (C=O) groups excluding carboxylic acids is 2. The number of halogens is 4. The van der Waals surface area contributed by atoms with Gasteiger partial charge in [0, 0.05) is 12.6 Å². The summed E-state index contributed by atoms with van der Waals surface area (Å²) in [6.07, 6.45) is -5.57. The molecule has 2 rings (SSSR count). The van der Waals surface area contributed by atoms with Crippen molar-refractivity contribution in [1.82, 2.24) is 0 Å². The Kier molecular flexibility index (Phi) is 5.53. The van der Waals surface area contributed by atoms with Crippen LogP contribution in [0.15, 0.2) is 42.5 Å². The first-order chi connectivity index (χ1) is 11.6. The molecule has 0 fully saturated rings. The van der Waals surface area contributed by atoms with Crippen molar-refractivity contribution >= 4 is 35.0 Å². The summed E-state index contributed by atoms with van der Waals surface area (Å²) >= 11 is 5.78. The van der Waals surface area contributed by atoms with E-state index in [1.807, 2.05) is 0 Å². The number of nitrogens with one attached hydrogen (secondary N) is 2. The number of carbonyl (C=O) groups is 2. The fraction of sp³-hybridized carbons (Fsp3) is 0.125. The smallest absolute Gasteiger partial charge is 0.410 e. The van der Waals surface area contributed by atoms with E-state index in [0.29, 0.717) is 11.8 Å². The molecule has 0 saturated heterocycles. The quantitative estimate of drug-likeness (QED) is 0.802. The number of anilines is 2. The highest BCUT2D eigenvalue weighted by Gasteiger charge is 2.31. The SMILES string of the molecule is CC(=O)Nc1ccc(OC(=O)Nc2cc(C(F)(F)F)ccc2Cl)cc1. The molecule has 0 atom stereocenters. The number of alkyl halides is 3. The van der Waals surface area contributed by atoms with E-state index >= 15 is 0 Å². The molecule has 0 aliphatic carbocycles. The van der Waals surface area contributed by atoms with Gasteiger partial charge in [0.2, 0.25) is 5.91 Å². The summed E-state index contributed by atoms with van der Waals surface area (Å²) < 4.78 is 43.0. The normalized spacial score (nSPS) is 10.9. The van der Waals surface area contributed by atoms with E-state index < -0.39 is 17.8 Å². The van der Waals surface area contributed by atoms with Gasteiger partial charge in [-0.05, 0) is 42.5 Å². The molecule has 0 aromatic heterocycles. The number of ether oxygens (including phenoxy) is 1. The summed E-state index contributed by atoms with van der Waals surface area (Å²) in [4.78, 5) is 22.7. The number of hydrogen-bond donors (Lipinski definition) is 2. The van der Waals surface area contributed by atoms with E-state index in [1.54, 1.807) is 0 Å². The second-order valence-corrected chi connectivity index (χ2v) is 5.32. The van der Waals surface area contributed by atoms with Gasteiger partial charge in [-0.15, -0.1) is 0 Å². The van der Waals surface area contributed by atoms with Crippen molar-refractivity contribution in [2.24, 2.45) is 0 Å². The summed E-state index contributed by atoms with van der Waals surface area (Å²) in [5.74, 6) is -0.125. The van der Waals surface area contributed by atoms with Gasteiger partial charge in [0.25, 0.3) is 0 Å². The van der Waals surface area contributed by atoms with E-state index in [9.17, 15) is 22.8 Å². The zero-order valence-corrected chi connectivity index (χ0v) is 13.5. The van der Waals surface area contributed by atoms with Crippen molar-refractivity contribution in [3.63, 3.8) is 0 Å². The van der Waals surface area contributed by atoms with Crippen molar-refractivity contribution in [1.29, 1.82) is 0 Å². The van der Waals surface area contributed by atoms with Crippen LogP contribution in [-0.2, 0) is 11.0 Å². The third-order valence-corrected chi connectivity index (χ3v) is 3.25. The minimum Gasteiger partial charge on any atom is -0.410 e. The Morgan fingerprint density at radius 3 is 2.24 bits per heavy atom. The maximum atomic E-state index is 12.7. The van der Waals surface area contributed by atoms with Gasteiger partial charge < -0.3 is 10.1 Å². The molecule has 0 heterocycles. The average molecular weight is 373 g/mol. The minimum atomic E-state index is -4.57. The first-order valence-corrected chi connectivity index (χ1v) is 7.26. The standard InChI is InChI=1S/C16H12ClF3N2O3/c1-9(23)21-11-3-5-12(6-4-11)25-15(24)22-14-8-10(16(18,19)20)2-7-13(14)17/h2-8H,1H3,(H,21,23)(H,22,24). The largest absolute Gasteiger partial charge is 0.417 e. The van der Waals surface area contributed by atoms with Gasteiger partial charge in [0.1, 0.15) is 5.75 Å². The maximum Gasteiger partial charge on any atom is 0.417 e. The van der Waals surface area contributed by atoms with Crippen molar-refractivity contribution in [2.45, 2.75) is 13.1 Å². The Bertz CT molecular complexity index is 792. The van der Waals surface area contributed by atoms with Gasteiger partial charge in [-0.2, -0.15) is 13.2 Å². The summed E-state index contributed by atoms with van der Waals surface area (Å²) in [6.45, 7) is 1.34. The number of hydrogen-bond acceptors (Lipinski definition) is 3. The summed E-state index contributed by atoms with van der Waals surface area (Å²) in [6, 6.07) is 8.38. The van der Waals surface area contributed by atoms with Gasteiger partial charge >= 0.3 is 12.3 Å². The Morgan fingerprint density at radius 1 is 1.04 bits per heavy atom. The van der Waals surface area contributed by atoms with E-state index in [1.165, 1.54) is 31.2 Å². The zero-order chi connectivity index (χ0) is 18.6. The van der Waals surface area contributed by atoms with Crippen molar-refractivity contribution in [3.8, 4) is 5.75 Å². The molecule has 0 radical (unpaired) electrons. The molecular formula is C16H12ClF3N2O3. The molecule has 2 aromatic carbocycles. The van der Waals surface area contributed by atoms with Crippen LogP contribution in [0.1, 0.15) is 12.5 Å². The lowest BCUT2D eigenvalue weighted by molar-refractivity contribution is -0.137. The van der Waals surface area contributed by atoms with Gasteiger partial charge in [-0.1, -0.05) is 11.6 Å². The van der Waals surface area contributed by atoms with Gasteiger partial charge in [-0.3, -0.25) is 10.1 Å². The number of rotatable bonds is 3. The molecule has 25 heavy (non-hydrogen) atoms. The Hall–Kier alpha value is -2.74. The van der Waals surface area contributed by atoms with Crippen LogP contribution in [0.2, 0.25) is 5.02 Å². The van der Waals surface area contributed by atoms with E-state index in [0.717, 1.165) is 12.1 Å². The highest BCUT2D eigenvalue weighted by atomic mass is 35.5. The molecule has 0 aliphatic rings.